The molecule has 7 nitrogen and oxygen atoms in total. The van der Waals surface area contributed by atoms with Gasteiger partial charge in [-0.25, -0.2) is 19.3 Å². The molecule has 0 aliphatic carbocycles. The number of hydrogen-bond donors (Lipinski definition) is 1. The maximum absolute atomic E-state index is 12.9. The van der Waals surface area contributed by atoms with Crippen LogP contribution in [0.3, 0.4) is 0 Å². The van der Waals surface area contributed by atoms with Crippen molar-refractivity contribution in [1.82, 2.24) is 19.9 Å². The quantitative estimate of drug-likeness (QED) is 0.909. The van der Waals surface area contributed by atoms with Crippen LogP contribution in [-0.2, 0) is 0 Å². The lowest BCUT2D eigenvalue weighted by atomic mass is 10.3. The highest BCUT2D eigenvalue weighted by atomic mass is 19.1. The van der Waals surface area contributed by atoms with E-state index >= 15 is 0 Å². The average Bonchev–Trinajstić information content (AvgIpc) is 2.56. The van der Waals surface area contributed by atoms with Crippen molar-refractivity contribution >= 4 is 17.7 Å². The molecule has 0 unspecified atom stereocenters. The summed E-state index contributed by atoms with van der Waals surface area (Å²) in [5.74, 6) is 1.69. The van der Waals surface area contributed by atoms with Gasteiger partial charge >= 0.3 is 0 Å². The maximum Gasteiger partial charge on any atom is 0.227 e. The van der Waals surface area contributed by atoms with E-state index in [1.54, 1.807) is 6.20 Å². The first-order valence-electron chi connectivity index (χ1n) is 7.30. The Bertz CT molecular complexity index is 611. The van der Waals surface area contributed by atoms with Crippen molar-refractivity contribution < 1.29 is 4.39 Å². The maximum atomic E-state index is 12.9. The van der Waals surface area contributed by atoms with Crippen molar-refractivity contribution in [2.45, 2.75) is 6.92 Å². The summed E-state index contributed by atoms with van der Waals surface area (Å²) in [6.45, 7) is 5.91. The van der Waals surface area contributed by atoms with E-state index in [9.17, 15) is 4.39 Å². The van der Waals surface area contributed by atoms with Gasteiger partial charge in [0.15, 0.2) is 5.82 Å². The summed E-state index contributed by atoms with van der Waals surface area (Å²) in [4.78, 5) is 21.0. The summed E-state index contributed by atoms with van der Waals surface area (Å²) in [6.07, 6.45) is 4.14. The van der Waals surface area contributed by atoms with Crippen molar-refractivity contribution in [2.24, 2.45) is 0 Å². The van der Waals surface area contributed by atoms with Crippen LogP contribution in [-0.4, -0.2) is 52.7 Å². The van der Waals surface area contributed by atoms with Crippen LogP contribution in [0.5, 0.6) is 0 Å². The fourth-order valence-electron chi connectivity index (χ4n) is 2.36. The van der Waals surface area contributed by atoms with E-state index in [-0.39, 0.29) is 0 Å². The molecule has 2 aromatic rings. The standard InChI is InChI=1S/C14H18FN7/c1-2-16-12-3-4-17-14(20-12)22-7-5-21(6-8-22)13-18-9-11(15)10-19-13/h3-4,9-10H,2,5-8H2,1H3,(H,16,17,20). The minimum Gasteiger partial charge on any atom is -0.370 e. The van der Waals surface area contributed by atoms with E-state index in [1.165, 1.54) is 12.4 Å². The van der Waals surface area contributed by atoms with E-state index in [4.69, 9.17) is 0 Å². The molecule has 1 N–H and O–H groups in total. The summed E-state index contributed by atoms with van der Waals surface area (Å²) in [5.41, 5.74) is 0. The lowest BCUT2D eigenvalue weighted by Gasteiger charge is -2.34. The van der Waals surface area contributed by atoms with Crippen LogP contribution in [0.4, 0.5) is 22.1 Å². The second-order valence-corrected chi connectivity index (χ2v) is 4.95. The van der Waals surface area contributed by atoms with E-state index in [2.05, 4.69) is 30.2 Å². The Balaban J connectivity index is 1.64. The molecule has 2 aromatic heterocycles. The van der Waals surface area contributed by atoms with Crippen LogP contribution in [0.25, 0.3) is 0 Å². The molecule has 1 aliphatic rings. The molecular weight excluding hydrogens is 285 g/mol. The highest BCUT2D eigenvalue weighted by Crippen LogP contribution is 2.15. The van der Waals surface area contributed by atoms with Crippen LogP contribution in [0.15, 0.2) is 24.7 Å². The van der Waals surface area contributed by atoms with Gasteiger partial charge in [0.2, 0.25) is 11.9 Å². The second kappa shape index (κ2) is 6.50. The minimum atomic E-state index is -0.420. The van der Waals surface area contributed by atoms with Gasteiger partial charge in [0.05, 0.1) is 12.4 Å². The number of piperazine rings is 1. The van der Waals surface area contributed by atoms with Crippen molar-refractivity contribution in [3.05, 3.63) is 30.5 Å². The molecule has 0 saturated carbocycles. The molecule has 0 amide bonds. The Kier molecular flexibility index (Phi) is 4.27. The number of anilines is 3. The lowest BCUT2D eigenvalue weighted by Crippen LogP contribution is -2.47. The molecule has 0 atom stereocenters. The normalized spacial score (nSPS) is 15.0. The van der Waals surface area contributed by atoms with Gasteiger partial charge in [0.1, 0.15) is 5.82 Å². The number of rotatable bonds is 4. The van der Waals surface area contributed by atoms with Gasteiger partial charge in [0.25, 0.3) is 0 Å². The summed E-state index contributed by atoms with van der Waals surface area (Å²) in [6, 6.07) is 1.86. The molecule has 116 valence electrons. The van der Waals surface area contributed by atoms with Gasteiger partial charge in [-0.05, 0) is 13.0 Å². The number of aromatic nitrogens is 4. The third-order valence-electron chi connectivity index (χ3n) is 3.45. The van der Waals surface area contributed by atoms with Crippen molar-refractivity contribution in [2.75, 3.05) is 47.8 Å². The fourth-order valence-corrected chi connectivity index (χ4v) is 2.36. The Morgan fingerprint density at radius 1 is 1.05 bits per heavy atom. The Hall–Kier alpha value is -2.51. The van der Waals surface area contributed by atoms with Crippen molar-refractivity contribution in [1.29, 1.82) is 0 Å². The summed E-state index contributed by atoms with van der Waals surface area (Å²) in [5, 5.41) is 3.18. The van der Waals surface area contributed by atoms with Crippen LogP contribution >= 0.6 is 0 Å². The summed E-state index contributed by atoms with van der Waals surface area (Å²) in [7, 11) is 0. The number of hydrogen-bond acceptors (Lipinski definition) is 7. The third-order valence-corrected chi connectivity index (χ3v) is 3.45. The number of nitrogens with one attached hydrogen (secondary N) is 1. The van der Waals surface area contributed by atoms with Crippen LogP contribution < -0.4 is 15.1 Å². The Labute approximate surface area is 128 Å². The van der Waals surface area contributed by atoms with Crippen molar-refractivity contribution in [3.63, 3.8) is 0 Å². The number of nitrogens with zero attached hydrogens (tertiary/aromatic N) is 6. The van der Waals surface area contributed by atoms with Gasteiger partial charge in [0, 0.05) is 38.9 Å². The minimum absolute atomic E-state index is 0.420. The first-order chi connectivity index (χ1) is 10.8. The zero-order valence-electron chi connectivity index (χ0n) is 12.4. The van der Waals surface area contributed by atoms with E-state index in [0.29, 0.717) is 5.95 Å². The van der Waals surface area contributed by atoms with Crippen molar-refractivity contribution in [3.8, 4) is 0 Å². The van der Waals surface area contributed by atoms with E-state index in [1.807, 2.05) is 17.9 Å². The molecule has 1 aliphatic heterocycles. The molecule has 8 heteroatoms. The highest BCUT2D eigenvalue weighted by molar-refractivity contribution is 5.43. The molecular formula is C14H18FN7. The van der Waals surface area contributed by atoms with Crippen LogP contribution in [0.2, 0.25) is 0 Å². The first-order valence-corrected chi connectivity index (χ1v) is 7.30. The topological polar surface area (TPSA) is 70.1 Å². The summed E-state index contributed by atoms with van der Waals surface area (Å²) >= 11 is 0. The monoisotopic (exact) mass is 303 g/mol. The SMILES string of the molecule is CCNc1ccnc(N2CCN(c3ncc(F)cn3)CC2)n1. The highest BCUT2D eigenvalue weighted by Gasteiger charge is 2.20. The van der Waals surface area contributed by atoms with E-state index < -0.39 is 5.82 Å². The molecule has 0 radical (unpaired) electrons. The predicted octanol–water partition coefficient (Wildman–Crippen LogP) is 1.16. The second-order valence-electron chi connectivity index (χ2n) is 4.95. The molecule has 3 rings (SSSR count). The lowest BCUT2D eigenvalue weighted by molar-refractivity contribution is 0.600. The van der Waals surface area contributed by atoms with Gasteiger partial charge in [-0.3, -0.25) is 0 Å². The van der Waals surface area contributed by atoms with E-state index in [0.717, 1.165) is 44.5 Å². The first kappa shape index (κ1) is 14.4. The van der Waals surface area contributed by atoms with Gasteiger partial charge in [-0.15, -0.1) is 0 Å². The molecule has 3 heterocycles. The molecule has 1 fully saturated rings. The molecule has 1 saturated heterocycles. The third kappa shape index (κ3) is 3.21. The van der Waals surface area contributed by atoms with Gasteiger partial charge < -0.3 is 15.1 Å². The smallest absolute Gasteiger partial charge is 0.227 e. The molecule has 0 spiro atoms. The molecule has 0 bridgehead atoms. The van der Waals surface area contributed by atoms with Gasteiger partial charge in [-0.2, -0.15) is 4.98 Å². The zero-order chi connectivity index (χ0) is 15.4. The largest absolute Gasteiger partial charge is 0.370 e. The zero-order valence-corrected chi connectivity index (χ0v) is 12.4. The average molecular weight is 303 g/mol. The van der Waals surface area contributed by atoms with Crippen LogP contribution in [0.1, 0.15) is 6.92 Å². The van der Waals surface area contributed by atoms with Gasteiger partial charge in [-0.1, -0.05) is 0 Å². The summed E-state index contributed by atoms with van der Waals surface area (Å²) < 4.78 is 12.9. The molecule has 0 aromatic carbocycles. The Morgan fingerprint density at radius 2 is 1.68 bits per heavy atom. The Morgan fingerprint density at radius 3 is 2.32 bits per heavy atom. The van der Waals surface area contributed by atoms with Crippen LogP contribution in [0, 0.1) is 5.82 Å². The fraction of sp³-hybridized carbons (Fsp3) is 0.429. The number of halogens is 1. The molecule has 22 heavy (non-hydrogen) atoms. The predicted molar refractivity (Wildman–Crippen MR) is 82.6 cm³/mol.